The first kappa shape index (κ1) is 27.2. The Morgan fingerprint density at radius 2 is 1.46 bits per heavy atom. The van der Waals surface area contributed by atoms with Crippen molar-refractivity contribution in [2.75, 3.05) is 42.2 Å². The van der Waals surface area contributed by atoms with Crippen LogP contribution in [0.15, 0.2) is 63.8 Å². The minimum absolute atomic E-state index is 0.0536. The zero-order chi connectivity index (χ0) is 27.9. The molecule has 1 aromatic heterocycles. The van der Waals surface area contributed by atoms with Gasteiger partial charge in [-0.25, -0.2) is 0 Å². The average Bonchev–Trinajstić information content (AvgIpc) is 2.98. The minimum atomic E-state index is -0.532. The second-order valence-corrected chi connectivity index (χ2v) is 8.26. The maximum atomic E-state index is 13.8. The van der Waals surface area contributed by atoms with E-state index >= 15 is 0 Å². The fourth-order valence-corrected chi connectivity index (χ4v) is 4.04. The number of amides is 1. The van der Waals surface area contributed by atoms with E-state index in [0.717, 1.165) is 5.56 Å². The van der Waals surface area contributed by atoms with E-state index in [1.807, 2.05) is 30.3 Å². The Labute approximate surface area is 225 Å². The molecule has 0 unspecified atom stereocenters. The van der Waals surface area contributed by atoms with Crippen molar-refractivity contribution in [1.29, 1.82) is 0 Å². The van der Waals surface area contributed by atoms with Crippen LogP contribution >= 0.6 is 0 Å². The summed E-state index contributed by atoms with van der Waals surface area (Å²) in [5.41, 5.74) is 0.981. The number of carbonyl (C=O) groups is 1. The lowest BCUT2D eigenvalue weighted by atomic mass is 10.1. The molecule has 0 atom stereocenters. The first-order valence-corrected chi connectivity index (χ1v) is 11.9. The monoisotopic (exact) mass is 535 g/mol. The Bertz CT molecular complexity index is 1500. The highest BCUT2D eigenvalue weighted by atomic mass is 16.5. The summed E-state index contributed by atoms with van der Waals surface area (Å²) in [4.78, 5) is 26.4. The molecule has 4 rings (SSSR count). The highest BCUT2D eigenvalue weighted by Gasteiger charge is 2.24. The van der Waals surface area contributed by atoms with Crippen molar-refractivity contribution in [2.45, 2.75) is 6.54 Å². The third-order valence-electron chi connectivity index (χ3n) is 5.95. The zero-order valence-corrected chi connectivity index (χ0v) is 22.3. The van der Waals surface area contributed by atoms with Crippen LogP contribution in [0.25, 0.3) is 22.3 Å². The highest BCUT2D eigenvalue weighted by molar-refractivity contribution is 5.89. The normalized spacial score (nSPS) is 10.6. The van der Waals surface area contributed by atoms with Crippen molar-refractivity contribution in [2.24, 2.45) is 0 Å². The predicted octanol–water partition coefficient (Wildman–Crippen LogP) is 4.20. The summed E-state index contributed by atoms with van der Waals surface area (Å²) in [5, 5.41) is 2.91. The highest BCUT2D eigenvalue weighted by Crippen LogP contribution is 2.44. The van der Waals surface area contributed by atoms with Crippen molar-refractivity contribution >= 4 is 16.9 Å². The predicted molar refractivity (Wildman–Crippen MR) is 144 cm³/mol. The summed E-state index contributed by atoms with van der Waals surface area (Å²) in [6, 6.07) is 15.8. The number of nitrogens with one attached hydrogen (secondary N) is 1. The molecule has 0 radical (unpaired) electrons. The van der Waals surface area contributed by atoms with Gasteiger partial charge in [0, 0.05) is 24.2 Å². The zero-order valence-electron chi connectivity index (χ0n) is 22.3. The van der Waals surface area contributed by atoms with Crippen molar-refractivity contribution < 1.29 is 37.6 Å². The van der Waals surface area contributed by atoms with Crippen LogP contribution < -0.4 is 39.2 Å². The molecule has 0 fully saturated rings. The molecule has 0 spiro atoms. The van der Waals surface area contributed by atoms with Gasteiger partial charge < -0.3 is 38.2 Å². The lowest BCUT2D eigenvalue weighted by Crippen LogP contribution is -2.29. The van der Waals surface area contributed by atoms with E-state index in [-0.39, 0.29) is 28.2 Å². The SMILES string of the molecule is COc1cc(OC)c2c(=O)c(OCC(=O)NCc3ccccc3)c(-c3cc(OC)c(OC)c(OC)c3)oc2c1. The molecule has 0 saturated heterocycles. The van der Waals surface area contributed by atoms with Gasteiger partial charge in [-0.15, -0.1) is 0 Å². The number of carbonyl (C=O) groups excluding carboxylic acids is 1. The number of hydrogen-bond donors (Lipinski definition) is 1. The van der Waals surface area contributed by atoms with E-state index in [2.05, 4.69) is 5.32 Å². The molecule has 0 aliphatic carbocycles. The summed E-state index contributed by atoms with van der Waals surface area (Å²) in [7, 11) is 7.35. The fourth-order valence-electron chi connectivity index (χ4n) is 4.04. The topological polar surface area (TPSA) is 115 Å². The molecule has 0 aliphatic rings. The lowest BCUT2D eigenvalue weighted by molar-refractivity contribution is -0.123. The van der Waals surface area contributed by atoms with Crippen LogP contribution in [0.2, 0.25) is 0 Å². The quantitative estimate of drug-likeness (QED) is 0.302. The van der Waals surface area contributed by atoms with E-state index in [4.69, 9.17) is 32.8 Å². The van der Waals surface area contributed by atoms with E-state index in [0.29, 0.717) is 35.1 Å². The Morgan fingerprint density at radius 3 is 2.05 bits per heavy atom. The van der Waals surface area contributed by atoms with Gasteiger partial charge in [-0.2, -0.15) is 0 Å². The van der Waals surface area contributed by atoms with E-state index < -0.39 is 17.9 Å². The number of methoxy groups -OCH3 is 5. The maximum Gasteiger partial charge on any atom is 0.258 e. The third kappa shape index (κ3) is 5.69. The Morgan fingerprint density at radius 1 is 0.795 bits per heavy atom. The Hall–Kier alpha value is -4.86. The number of benzene rings is 3. The molecule has 3 aromatic carbocycles. The van der Waals surface area contributed by atoms with Crippen molar-refractivity contribution in [3.05, 3.63) is 70.4 Å². The van der Waals surface area contributed by atoms with E-state index in [1.165, 1.54) is 35.5 Å². The smallest absolute Gasteiger partial charge is 0.258 e. The van der Waals surface area contributed by atoms with E-state index in [9.17, 15) is 9.59 Å². The van der Waals surface area contributed by atoms with Gasteiger partial charge in [0.2, 0.25) is 16.9 Å². The van der Waals surface area contributed by atoms with E-state index in [1.54, 1.807) is 24.3 Å². The first-order valence-electron chi connectivity index (χ1n) is 11.9. The van der Waals surface area contributed by atoms with Gasteiger partial charge in [0.25, 0.3) is 5.91 Å². The molecule has 1 heterocycles. The largest absolute Gasteiger partial charge is 0.496 e. The van der Waals surface area contributed by atoms with Gasteiger partial charge in [0.1, 0.15) is 22.5 Å². The second kappa shape index (κ2) is 12.1. The lowest BCUT2D eigenvalue weighted by Gasteiger charge is -2.17. The molecule has 10 nitrogen and oxygen atoms in total. The van der Waals surface area contributed by atoms with Crippen LogP contribution in [0.5, 0.6) is 34.5 Å². The molecule has 1 amide bonds. The van der Waals surface area contributed by atoms with Gasteiger partial charge in [0.15, 0.2) is 23.9 Å². The molecular formula is C29H29NO9. The minimum Gasteiger partial charge on any atom is -0.496 e. The molecule has 4 aromatic rings. The standard InChI is InChI=1S/C29H29NO9/c1-33-19-13-20(34-2)25-21(14-19)39-27(18-11-22(35-3)28(37-5)23(12-18)36-4)29(26(25)32)38-16-24(31)30-15-17-9-7-6-8-10-17/h6-14H,15-16H2,1-5H3,(H,30,31). The fraction of sp³-hybridized carbons (Fsp3) is 0.241. The number of ether oxygens (including phenoxy) is 6. The molecule has 10 heteroatoms. The van der Waals surface area contributed by atoms with Crippen molar-refractivity contribution in [3.63, 3.8) is 0 Å². The average molecular weight is 536 g/mol. The molecule has 39 heavy (non-hydrogen) atoms. The van der Waals surface area contributed by atoms with Crippen LogP contribution in [-0.4, -0.2) is 48.1 Å². The molecular weight excluding hydrogens is 506 g/mol. The summed E-state index contributed by atoms with van der Waals surface area (Å²) >= 11 is 0. The summed E-state index contributed by atoms with van der Waals surface area (Å²) in [5.74, 6) is 1.14. The number of rotatable bonds is 11. The van der Waals surface area contributed by atoms with Crippen LogP contribution in [-0.2, 0) is 11.3 Å². The van der Waals surface area contributed by atoms with Gasteiger partial charge in [-0.1, -0.05) is 30.3 Å². The van der Waals surface area contributed by atoms with Gasteiger partial charge in [0.05, 0.1) is 35.5 Å². The summed E-state index contributed by atoms with van der Waals surface area (Å²) < 4.78 is 39.2. The molecule has 204 valence electrons. The number of fused-ring (bicyclic) bond motifs is 1. The van der Waals surface area contributed by atoms with Gasteiger partial charge in [-0.05, 0) is 17.7 Å². The molecule has 0 saturated carbocycles. The molecule has 0 bridgehead atoms. The van der Waals surface area contributed by atoms with Crippen LogP contribution in [0.4, 0.5) is 0 Å². The van der Waals surface area contributed by atoms with Crippen LogP contribution in [0, 0.1) is 0 Å². The molecule has 0 aliphatic heterocycles. The van der Waals surface area contributed by atoms with Crippen LogP contribution in [0.1, 0.15) is 5.56 Å². The maximum absolute atomic E-state index is 13.8. The Kier molecular flexibility index (Phi) is 8.45. The second-order valence-electron chi connectivity index (χ2n) is 8.26. The Balaban J connectivity index is 1.82. The van der Waals surface area contributed by atoms with Crippen LogP contribution in [0.3, 0.4) is 0 Å². The first-order chi connectivity index (χ1) is 18.9. The number of hydrogen-bond acceptors (Lipinski definition) is 9. The van der Waals surface area contributed by atoms with Gasteiger partial charge in [-0.3, -0.25) is 9.59 Å². The van der Waals surface area contributed by atoms with Crippen molar-refractivity contribution in [1.82, 2.24) is 5.32 Å². The van der Waals surface area contributed by atoms with Crippen molar-refractivity contribution in [3.8, 4) is 45.8 Å². The molecule has 1 N–H and O–H groups in total. The summed E-state index contributed by atoms with van der Waals surface area (Å²) in [6.07, 6.45) is 0. The van der Waals surface area contributed by atoms with Gasteiger partial charge >= 0.3 is 0 Å². The third-order valence-corrected chi connectivity index (χ3v) is 5.95. The summed E-state index contributed by atoms with van der Waals surface area (Å²) in [6.45, 7) is -0.123.